The van der Waals surface area contributed by atoms with Crippen molar-refractivity contribution in [1.29, 1.82) is 0 Å². The maximum Gasteiger partial charge on any atom is 0.224 e. The summed E-state index contributed by atoms with van der Waals surface area (Å²) in [6, 6.07) is 3.75. The topological polar surface area (TPSA) is 70.7 Å². The summed E-state index contributed by atoms with van der Waals surface area (Å²) in [6.45, 7) is 4.71. The first-order valence-corrected chi connectivity index (χ1v) is 6.83. The summed E-state index contributed by atoms with van der Waals surface area (Å²) in [5.41, 5.74) is 4.35. The van der Waals surface area contributed by atoms with Gasteiger partial charge in [-0.25, -0.2) is 0 Å². The molecule has 0 fully saturated rings. The van der Waals surface area contributed by atoms with Gasteiger partial charge in [0.25, 0.3) is 0 Å². The third-order valence-corrected chi connectivity index (χ3v) is 3.29. The first kappa shape index (κ1) is 14.2. The molecule has 2 heterocycles. The summed E-state index contributed by atoms with van der Waals surface area (Å²) >= 11 is 0. The Morgan fingerprint density at radius 1 is 1.40 bits per heavy atom. The fourth-order valence-corrected chi connectivity index (χ4v) is 2.19. The molecule has 2 aromatic rings. The van der Waals surface area contributed by atoms with Crippen molar-refractivity contribution >= 4 is 5.91 Å². The number of aromatic nitrogens is 3. The molecule has 0 saturated heterocycles. The first-order valence-electron chi connectivity index (χ1n) is 6.83. The fourth-order valence-electron chi connectivity index (χ4n) is 2.19. The average Bonchev–Trinajstić information content (AvgIpc) is 2.76. The Bertz CT molecular complexity index is 543. The first-order chi connectivity index (χ1) is 9.66. The molecule has 20 heavy (non-hydrogen) atoms. The van der Waals surface area contributed by atoms with Crippen molar-refractivity contribution in [2.24, 2.45) is 0 Å². The number of carbonyl (C=O) groups excluding carboxylic acids is 1. The maximum atomic E-state index is 11.8. The van der Waals surface area contributed by atoms with Crippen LogP contribution in [0.2, 0.25) is 0 Å². The lowest BCUT2D eigenvalue weighted by atomic mass is 10.1. The minimum Gasteiger partial charge on any atom is -0.356 e. The lowest BCUT2D eigenvalue weighted by Crippen LogP contribution is -2.26. The zero-order valence-electron chi connectivity index (χ0n) is 11.9. The number of hydrogen-bond donors (Lipinski definition) is 2. The van der Waals surface area contributed by atoms with E-state index in [-0.39, 0.29) is 5.91 Å². The molecule has 106 valence electrons. The van der Waals surface area contributed by atoms with E-state index in [0.29, 0.717) is 13.0 Å². The number of aromatic amines is 1. The van der Waals surface area contributed by atoms with E-state index >= 15 is 0 Å². The van der Waals surface area contributed by atoms with Gasteiger partial charge in [0.1, 0.15) is 0 Å². The number of rotatable bonds is 6. The Hall–Kier alpha value is -2.17. The molecule has 2 N–H and O–H groups in total. The van der Waals surface area contributed by atoms with Crippen LogP contribution in [0.5, 0.6) is 0 Å². The van der Waals surface area contributed by atoms with Crippen molar-refractivity contribution in [2.45, 2.75) is 33.1 Å². The summed E-state index contributed by atoms with van der Waals surface area (Å²) in [4.78, 5) is 15.7. The Morgan fingerprint density at radius 3 is 2.90 bits per heavy atom. The molecule has 0 atom stereocenters. The monoisotopic (exact) mass is 272 g/mol. The number of amides is 1. The van der Waals surface area contributed by atoms with Crippen LogP contribution in [0.3, 0.4) is 0 Å². The molecule has 0 aliphatic carbocycles. The zero-order valence-corrected chi connectivity index (χ0v) is 11.9. The van der Waals surface area contributed by atoms with Gasteiger partial charge < -0.3 is 5.32 Å². The quantitative estimate of drug-likeness (QED) is 0.786. The molecule has 5 nitrogen and oxygen atoms in total. The van der Waals surface area contributed by atoms with Crippen LogP contribution in [0.25, 0.3) is 0 Å². The minimum atomic E-state index is 0.0404. The second kappa shape index (κ2) is 6.84. The van der Waals surface area contributed by atoms with Gasteiger partial charge in [0, 0.05) is 24.6 Å². The molecule has 0 saturated carbocycles. The van der Waals surface area contributed by atoms with E-state index in [4.69, 9.17) is 0 Å². The largest absolute Gasteiger partial charge is 0.356 e. The number of pyridine rings is 1. The molecule has 1 amide bonds. The molecule has 5 heteroatoms. The van der Waals surface area contributed by atoms with Crippen molar-refractivity contribution in [3.05, 3.63) is 47.0 Å². The van der Waals surface area contributed by atoms with Crippen molar-refractivity contribution in [3.8, 4) is 0 Å². The third-order valence-electron chi connectivity index (χ3n) is 3.29. The second-order valence-electron chi connectivity index (χ2n) is 4.90. The summed E-state index contributed by atoms with van der Waals surface area (Å²) in [6.07, 6.45) is 5.66. The highest BCUT2D eigenvalue weighted by Crippen LogP contribution is 2.11. The van der Waals surface area contributed by atoms with Gasteiger partial charge >= 0.3 is 0 Å². The number of nitrogens with one attached hydrogen (secondary N) is 2. The number of nitrogens with zero attached hydrogens (tertiary/aromatic N) is 2. The van der Waals surface area contributed by atoms with Gasteiger partial charge in [-0.05, 0) is 43.9 Å². The second-order valence-corrected chi connectivity index (χ2v) is 4.90. The average molecular weight is 272 g/mol. The Labute approximate surface area is 118 Å². The number of H-pyrrole nitrogens is 1. The molecule has 2 aromatic heterocycles. The predicted octanol–water partition coefficient (Wildman–Crippen LogP) is 1.71. The third kappa shape index (κ3) is 3.91. The summed E-state index contributed by atoms with van der Waals surface area (Å²) in [7, 11) is 0. The Kier molecular flexibility index (Phi) is 4.87. The molecular weight excluding hydrogens is 252 g/mol. The van der Waals surface area contributed by atoms with Gasteiger partial charge in [0.15, 0.2) is 0 Å². The Morgan fingerprint density at radius 2 is 2.25 bits per heavy atom. The van der Waals surface area contributed by atoms with Crippen LogP contribution in [0.4, 0.5) is 0 Å². The van der Waals surface area contributed by atoms with Crippen LogP contribution in [-0.4, -0.2) is 27.6 Å². The maximum absolute atomic E-state index is 11.8. The fraction of sp³-hybridized carbons (Fsp3) is 0.400. The normalized spacial score (nSPS) is 10.5. The molecule has 0 aliphatic heterocycles. The van der Waals surface area contributed by atoms with Gasteiger partial charge in [-0.3, -0.25) is 14.9 Å². The predicted molar refractivity (Wildman–Crippen MR) is 77.3 cm³/mol. The SMILES string of the molecule is Cc1n[nH]c(C)c1CCCNC(=O)Cc1cccnc1. The van der Waals surface area contributed by atoms with Crippen molar-refractivity contribution in [2.75, 3.05) is 6.54 Å². The van der Waals surface area contributed by atoms with Crippen LogP contribution in [0.15, 0.2) is 24.5 Å². The number of hydrogen-bond acceptors (Lipinski definition) is 3. The molecule has 0 unspecified atom stereocenters. The van der Waals surface area contributed by atoms with Crippen molar-refractivity contribution in [3.63, 3.8) is 0 Å². The molecular formula is C15H20N4O. The van der Waals surface area contributed by atoms with Crippen LogP contribution >= 0.6 is 0 Å². The van der Waals surface area contributed by atoms with E-state index in [1.165, 1.54) is 5.56 Å². The molecule has 0 bridgehead atoms. The lowest BCUT2D eigenvalue weighted by molar-refractivity contribution is -0.120. The van der Waals surface area contributed by atoms with E-state index in [2.05, 4.69) is 20.5 Å². The number of aryl methyl sites for hydroxylation is 2. The smallest absolute Gasteiger partial charge is 0.224 e. The van der Waals surface area contributed by atoms with Gasteiger partial charge in [-0.15, -0.1) is 0 Å². The highest BCUT2D eigenvalue weighted by molar-refractivity contribution is 5.78. The van der Waals surface area contributed by atoms with E-state index < -0.39 is 0 Å². The summed E-state index contributed by atoms with van der Waals surface area (Å²) in [5, 5.41) is 10.1. The summed E-state index contributed by atoms with van der Waals surface area (Å²) in [5.74, 6) is 0.0404. The van der Waals surface area contributed by atoms with E-state index in [0.717, 1.165) is 29.8 Å². The van der Waals surface area contributed by atoms with Crippen LogP contribution in [0.1, 0.15) is 28.9 Å². The van der Waals surface area contributed by atoms with Gasteiger partial charge in [0.2, 0.25) is 5.91 Å². The van der Waals surface area contributed by atoms with Gasteiger partial charge in [-0.2, -0.15) is 5.10 Å². The number of carbonyl (C=O) groups is 1. The zero-order chi connectivity index (χ0) is 14.4. The molecule has 0 aromatic carbocycles. The highest BCUT2D eigenvalue weighted by atomic mass is 16.1. The van der Waals surface area contributed by atoms with E-state index in [1.54, 1.807) is 12.4 Å². The van der Waals surface area contributed by atoms with Crippen LogP contribution in [0, 0.1) is 13.8 Å². The molecule has 0 radical (unpaired) electrons. The van der Waals surface area contributed by atoms with Gasteiger partial charge in [-0.1, -0.05) is 6.07 Å². The molecule has 0 spiro atoms. The highest BCUT2D eigenvalue weighted by Gasteiger charge is 2.06. The van der Waals surface area contributed by atoms with Crippen LogP contribution in [-0.2, 0) is 17.6 Å². The molecule has 0 aliphatic rings. The van der Waals surface area contributed by atoms with Crippen molar-refractivity contribution in [1.82, 2.24) is 20.5 Å². The minimum absolute atomic E-state index is 0.0404. The van der Waals surface area contributed by atoms with Crippen molar-refractivity contribution < 1.29 is 4.79 Å². The lowest BCUT2D eigenvalue weighted by Gasteiger charge is -2.05. The standard InChI is InChI=1S/C15H20N4O/c1-11-14(12(2)19-18-11)6-4-8-17-15(20)9-13-5-3-7-16-10-13/h3,5,7,10H,4,6,8-9H2,1-2H3,(H,17,20)(H,18,19). The van der Waals surface area contributed by atoms with Crippen LogP contribution < -0.4 is 5.32 Å². The van der Waals surface area contributed by atoms with Gasteiger partial charge in [0.05, 0.1) is 12.1 Å². The van der Waals surface area contributed by atoms with E-state index in [1.807, 2.05) is 26.0 Å². The molecule has 2 rings (SSSR count). The summed E-state index contributed by atoms with van der Waals surface area (Å²) < 4.78 is 0. The Balaban J connectivity index is 1.70. The van der Waals surface area contributed by atoms with E-state index in [9.17, 15) is 4.79 Å².